The Hall–Kier alpha value is -1.10. The molecule has 17 heavy (non-hydrogen) atoms. The van der Waals surface area contributed by atoms with Gasteiger partial charge >= 0.3 is 0 Å². The van der Waals surface area contributed by atoms with E-state index in [1.165, 1.54) is 6.42 Å². The Morgan fingerprint density at radius 1 is 1.47 bits per heavy atom. The summed E-state index contributed by atoms with van der Waals surface area (Å²) in [7, 11) is 0. The van der Waals surface area contributed by atoms with Gasteiger partial charge in [0.05, 0.1) is 0 Å². The first-order valence-electron chi connectivity index (χ1n) is 6.44. The highest BCUT2D eigenvalue weighted by Gasteiger charge is 2.17. The van der Waals surface area contributed by atoms with Gasteiger partial charge in [0, 0.05) is 19.0 Å². The van der Waals surface area contributed by atoms with Crippen LogP contribution in [0.25, 0.3) is 0 Å². The molecule has 1 aliphatic rings. The molecule has 5 heteroatoms. The molecule has 0 aromatic carbocycles. The highest BCUT2D eigenvalue weighted by molar-refractivity contribution is 5.87. The van der Waals surface area contributed by atoms with Gasteiger partial charge in [0.15, 0.2) is 0 Å². The SMILES string of the molecule is CCNC(=O)C(C)NC(=O)CCC1CCCN1. The maximum atomic E-state index is 11.6. The first-order valence-corrected chi connectivity index (χ1v) is 6.44. The number of rotatable bonds is 6. The quantitative estimate of drug-likeness (QED) is 0.620. The van der Waals surface area contributed by atoms with Crippen LogP contribution in [-0.4, -0.2) is 37.0 Å². The molecule has 0 aromatic rings. The molecule has 1 aliphatic heterocycles. The molecule has 0 saturated carbocycles. The van der Waals surface area contributed by atoms with E-state index < -0.39 is 6.04 Å². The van der Waals surface area contributed by atoms with Crippen molar-refractivity contribution in [1.82, 2.24) is 16.0 Å². The van der Waals surface area contributed by atoms with Crippen LogP contribution in [0, 0.1) is 0 Å². The van der Waals surface area contributed by atoms with Gasteiger partial charge in [-0.05, 0) is 39.7 Å². The van der Waals surface area contributed by atoms with E-state index >= 15 is 0 Å². The maximum Gasteiger partial charge on any atom is 0.242 e. The van der Waals surface area contributed by atoms with Gasteiger partial charge in [-0.25, -0.2) is 0 Å². The van der Waals surface area contributed by atoms with Gasteiger partial charge in [0.1, 0.15) is 6.04 Å². The average Bonchev–Trinajstić information content (AvgIpc) is 2.79. The van der Waals surface area contributed by atoms with Crippen molar-refractivity contribution in [2.24, 2.45) is 0 Å². The molecule has 0 spiro atoms. The Kier molecular flexibility index (Phi) is 5.97. The summed E-state index contributed by atoms with van der Waals surface area (Å²) in [5.41, 5.74) is 0. The smallest absolute Gasteiger partial charge is 0.242 e. The summed E-state index contributed by atoms with van der Waals surface area (Å²) in [6.45, 7) is 5.21. The summed E-state index contributed by atoms with van der Waals surface area (Å²) >= 11 is 0. The second-order valence-corrected chi connectivity index (χ2v) is 4.52. The van der Waals surface area contributed by atoms with Crippen LogP contribution in [0.4, 0.5) is 0 Å². The zero-order chi connectivity index (χ0) is 12.7. The van der Waals surface area contributed by atoms with E-state index in [2.05, 4.69) is 16.0 Å². The molecule has 0 bridgehead atoms. The van der Waals surface area contributed by atoms with Gasteiger partial charge in [0.2, 0.25) is 11.8 Å². The lowest BCUT2D eigenvalue weighted by Gasteiger charge is -2.14. The number of hydrogen-bond donors (Lipinski definition) is 3. The van der Waals surface area contributed by atoms with Crippen molar-refractivity contribution in [2.45, 2.75) is 51.6 Å². The number of likely N-dealkylation sites (N-methyl/N-ethyl adjacent to an activating group) is 1. The molecular weight excluding hydrogens is 218 g/mol. The minimum atomic E-state index is -0.445. The zero-order valence-corrected chi connectivity index (χ0v) is 10.7. The van der Waals surface area contributed by atoms with Gasteiger partial charge in [-0.3, -0.25) is 9.59 Å². The first kappa shape index (κ1) is 14.0. The Bertz CT molecular complexity index is 262. The van der Waals surface area contributed by atoms with Gasteiger partial charge < -0.3 is 16.0 Å². The number of carbonyl (C=O) groups is 2. The van der Waals surface area contributed by atoms with Crippen LogP contribution in [0.3, 0.4) is 0 Å². The van der Waals surface area contributed by atoms with Crippen LogP contribution in [-0.2, 0) is 9.59 Å². The zero-order valence-electron chi connectivity index (χ0n) is 10.7. The number of carbonyl (C=O) groups excluding carboxylic acids is 2. The summed E-state index contributed by atoms with van der Waals surface area (Å²) in [6, 6.07) is 0.0273. The van der Waals surface area contributed by atoms with E-state index in [1.807, 2.05) is 6.92 Å². The number of nitrogens with one attached hydrogen (secondary N) is 3. The maximum absolute atomic E-state index is 11.6. The minimum absolute atomic E-state index is 0.0440. The Morgan fingerprint density at radius 2 is 2.24 bits per heavy atom. The Labute approximate surface area is 103 Å². The third-order valence-corrected chi connectivity index (χ3v) is 3.00. The lowest BCUT2D eigenvalue weighted by Crippen LogP contribution is -2.44. The standard InChI is InChI=1S/C12H23N3O2/c1-3-13-12(17)9(2)15-11(16)7-6-10-5-4-8-14-10/h9-10,14H,3-8H2,1-2H3,(H,13,17)(H,15,16). The molecule has 0 aliphatic carbocycles. The van der Waals surface area contributed by atoms with Crippen molar-refractivity contribution in [3.05, 3.63) is 0 Å². The molecular formula is C12H23N3O2. The van der Waals surface area contributed by atoms with E-state index in [4.69, 9.17) is 0 Å². The second-order valence-electron chi connectivity index (χ2n) is 4.52. The molecule has 1 saturated heterocycles. The summed E-state index contributed by atoms with van der Waals surface area (Å²) in [4.78, 5) is 23.0. The molecule has 1 rings (SSSR count). The summed E-state index contributed by atoms with van der Waals surface area (Å²) in [5, 5.41) is 8.74. The predicted octanol–water partition coefficient (Wildman–Crippen LogP) is 0.159. The van der Waals surface area contributed by atoms with E-state index in [-0.39, 0.29) is 11.8 Å². The van der Waals surface area contributed by atoms with Gasteiger partial charge in [-0.2, -0.15) is 0 Å². The second kappa shape index (κ2) is 7.27. The van der Waals surface area contributed by atoms with Crippen LogP contribution in [0.15, 0.2) is 0 Å². The third-order valence-electron chi connectivity index (χ3n) is 3.00. The summed E-state index contributed by atoms with van der Waals surface area (Å²) in [5.74, 6) is -0.169. The molecule has 1 fully saturated rings. The van der Waals surface area contributed by atoms with Crippen LogP contribution >= 0.6 is 0 Å². The van der Waals surface area contributed by atoms with E-state index in [1.54, 1.807) is 6.92 Å². The molecule has 3 N–H and O–H groups in total. The molecule has 98 valence electrons. The molecule has 5 nitrogen and oxygen atoms in total. The molecule has 2 amide bonds. The minimum Gasteiger partial charge on any atom is -0.355 e. The third kappa shape index (κ3) is 5.17. The lowest BCUT2D eigenvalue weighted by molar-refractivity contribution is -0.128. The molecule has 0 aromatic heterocycles. The molecule has 2 unspecified atom stereocenters. The molecule has 2 atom stereocenters. The molecule has 1 heterocycles. The normalized spacial score (nSPS) is 20.9. The van der Waals surface area contributed by atoms with Crippen LogP contribution in [0.1, 0.15) is 39.5 Å². The Morgan fingerprint density at radius 3 is 2.82 bits per heavy atom. The largest absolute Gasteiger partial charge is 0.355 e. The fourth-order valence-electron chi connectivity index (χ4n) is 2.01. The fraction of sp³-hybridized carbons (Fsp3) is 0.833. The van der Waals surface area contributed by atoms with Gasteiger partial charge in [0.25, 0.3) is 0 Å². The van der Waals surface area contributed by atoms with Gasteiger partial charge in [-0.1, -0.05) is 0 Å². The van der Waals surface area contributed by atoms with Crippen molar-refractivity contribution in [1.29, 1.82) is 0 Å². The average molecular weight is 241 g/mol. The number of hydrogen-bond acceptors (Lipinski definition) is 3. The van der Waals surface area contributed by atoms with Crippen LogP contribution in [0.2, 0.25) is 0 Å². The molecule has 0 radical (unpaired) electrons. The van der Waals surface area contributed by atoms with Gasteiger partial charge in [-0.15, -0.1) is 0 Å². The van der Waals surface area contributed by atoms with E-state index in [9.17, 15) is 9.59 Å². The van der Waals surface area contributed by atoms with Crippen molar-refractivity contribution in [3.63, 3.8) is 0 Å². The number of amides is 2. The first-order chi connectivity index (χ1) is 8.13. The topological polar surface area (TPSA) is 70.2 Å². The van der Waals surface area contributed by atoms with Crippen LogP contribution in [0.5, 0.6) is 0 Å². The van der Waals surface area contributed by atoms with Crippen molar-refractivity contribution in [2.75, 3.05) is 13.1 Å². The summed E-state index contributed by atoms with van der Waals surface area (Å²) in [6.07, 6.45) is 3.69. The highest BCUT2D eigenvalue weighted by Crippen LogP contribution is 2.10. The van der Waals surface area contributed by atoms with Crippen molar-refractivity contribution in [3.8, 4) is 0 Å². The fourth-order valence-corrected chi connectivity index (χ4v) is 2.01. The monoisotopic (exact) mass is 241 g/mol. The van der Waals surface area contributed by atoms with Crippen molar-refractivity contribution < 1.29 is 9.59 Å². The van der Waals surface area contributed by atoms with Crippen molar-refractivity contribution >= 4 is 11.8 Å². The highest BCUT2D eigenvalue weighted by atomic mass is 16.2. The van der Waals surface area contributed by atoms with E-state index in [0.717, 1.165) is 19.4 Å². The Balaban J connectivity index is 2.17. The van der Waals surface area contributed by atoms with E-state index in [0.29, 0.717) is 19.0 Å². The predicted molar refractivity (Wildman–Crippen MR) is 66.5 cm³/mol. The lowest BCUT2D eigenvalue weighted by atomic mass is 10.1. The summed E-state index contributed by atoms with van der Waals surface area (Å²) < 4.78 is 0. The van der Waals surface area contributed by atoms with Crippen LogP contribution < -0.4 is 16.0 Å².